The summed E-state index contributed by atoms with van der Waals surface area (Å²) in [4.78, 5) is 2.43. The van der Waals surface area contributed by atoms with E-state index in [9.17, 15) is 0 Å². The van der Waals surface area contributed by atoms with E-state index in [4.69, 9.17) is 0 Å². The Labute approximate surface area is 105 Å². The van der Waals surface area contributed by atoms with Gasteiger partial charge in [0.05, 0.1) is 0 Å². The number of benzene rings is 1. The smallest absolute Gasteiger partial charge is 0.0206 e. The summed E-state index contributed by atoms with van der Waals surface area (Å²) in [7, 11) is 4.34. The van der Waals surface area contributed by atoms with E-state index in [2.05, 4.69) is 54.6 Å². The van der Waals surface area contributed by atoms with Gasteiger partial charge in [0.15, 0.2) is 0 Å². The molecule has 1 aliphatic heterocycles. The van der Waals surface area contributed by atoms with Crippen LogP contribution in [0.5, 0.6) is 0 Å². The number of piperidine rings is 1. The predicted molar refractivity (Wildman–Crippen MR) is 73.3 cm³/mol. The number of rotatable bonds is 4. The molecule has 0 atom stereocenters. The lowest BCUT2D eigenvalue weighted by Gasteiger charge is -2.41. The first-order valence-electron chi connectivity index (χ1n) is 6.65. The average Bonchev–Trinajstić information content (AvgIpc) is 2.40. The zero-order valence-electron chi connectivity index (χ0n) is 11.1. The first-order valence-corrected chi connectivity index (χ1v) is 6.65. The van der Waals surface area contributed by atoms with Gasteiger partial charge in [0.1, 0.15) is 0 Å². The highest BCUT2D eigenvalue weighted by atomic mass is 15.1. The number of hydrogen-bond acceptors (Lipinski definition) is 2. The van der Waals surface area contributed by atoms with Crippen molar-refractivity contribution in [3.63, 3.8) is 0 Å². The van der Waals surface area contributed by atoms with E-state index in [0.29, 0.717) is 5.54 Å². The van der Waals surface area contributed by atoms with E-state index < -0.39 is 0 Å². The van der Waals surface area contributed by atoms with Crippen molar-refractivity contribution in [3.05, 3.63) is 35.9 Å². The minimum Gasteiger partial charge on any atom is -0.314 e. The molecule has 1 aliphatic rings. The molecule has 0 aliphatic carbocycles. The number of hydrogen-bond donors (Lipinski definition) is 1. The molecule has 0 spiro atoms. The van der Waals surface area contributed by atoms with E-state index in [0.717, 1.165) is 0 Å². The van der Waals surface area contributed by atoms with Crippen molar-refractivity contribution < 1.29 is 0 Å². The number of aryl methyl sites for hydroxylation is 1. The summed E-state index contributed by atoms with van der Waals surface area (Å²) in [5.74, 6) is 0. The van der Waals surface area contributed by atoms with Gasteiger partial charge in [-0.15, -0.1) is 0 Å². The Morgan fingerprint density at radius 1 is 1.18 bits per heavy atom. The molecule has 1 fully saturated rings. The van der Waals surface area contributed by atoms with Crippen LogP contribution in [0.4, 0.5) is 0 Å². The fraction of sp³-hybridized carbons (Fsp3) is 0.600. The molecule has 0 radical (unpaired) electrons. The molecule has 2 heteroatoms. The number of nitrogens with one attached hydrogen (secondary N) is 1. The van der Waals surface area contributed by atoms with Crippen molar-refractivity contribution in [1.82, 2.24) is 10.2 Å². The van der Waals surface area contributed by atoms with Crippen LogP contribution in [0.2, 0.25) is 0 Å². The van der Waals surface area contributed by atoms with Crippen LogP contribution >= 0.6 is 0 Å². The van der Waals surface area contributed by atoms with Crippen LogP contribution in [-0.4, -0.2) is 37.6 Å². The second-order valence-corrected chi connectivity index (χ2v) is 5.32. The van der Waals surface area contributed by atoms with Crippen molar-refractivity contribution >= 4 is 0 Å². The van der Waals surface area contributed by atoms with Gasteiger partial charge in [0.25, 0.3) is 0 Å². The molecule has 17 heavy (non-hydrogen) atoms. The van der Waals surface area contributed by atoms with Crippen molar-refractivity contribution in [2.45, 2.75) is 31.2 Å². The van der Waals surface area contributed by atoms with Crippen LogP contribution in [0.25, 0.3) is 0 Å². The lowest BCUT2D eigenvalue weighted by Crippen LogP contribution is -2.51. The van der Waals surface area contributed by atoms with Crippen LogP contribution in [0.15, 0.2) is 30.3 Å². The molecule has 2 rings (SSSR count). The second kappa shape index (κ2) is 5.65. The Morgan fingerprint density at radius 2 is 1.82 bits per heavy atom. The lowest BCUT2D eigenvalue weighted by atomic mass is 9.82. The molecule has 0 aromatic heterocycles. The van der Waals surface area contributed by atoms with Crippen molar-refractivity contribution in [2.75, 3.05) is 27.2 Å². The van der Waals surface area contributed by atoms with Gasteiger partial charge >= 0.3 is 0 Å². The maximum atomic E-state index is 3.58. The van der Waals surface area contributed by atoms with Crippen molar-refractivity contribution in [2.24, 2.45) is 0 Å². The predicted octanol–water partition coefficient (Wildman–Crippen LogP) is 2.30. The molecule has 94 valence electrons. The average molecular weight is 232 g/mol. The topological polar surface area (TPSA) is 15.3 Å². The van der Waals surface area contributed by atoms with Gasteiger partial charge < -0.3 is 10.2 Å². The summed E-state index contributed by atoms with van der Waals surface area (Å²) >= 11 is 0. The molecule has 1 heterocycles. The fourth-order valence-corrected chi connectivity index (χ4v) is 2.70. The van der Waals surface area contributed by atoms with Gasteiger partial charge in [-0.3, -0.25) is 0 Å². The highest BCUT2D eigenvalue weighted by Crippen LogP contribution is 2.26. The summed E-state index contributed by atoms with van der Waals surface area (Å²) in [5.41, 5.74) is 1.82. The van der Waals surface area contributed by atoms with Crippen molar-refractivity contribution in [3.8, 4) is 0 Å². The van der Waals surface area contributed by atoms with Crippen LogP contribution in [0.3, 0.4) is 0 Å². The minimum absolute atomic E-state index is 0.363. The van der Waals surface area contributed by atoms with Crippen LogP contribution in [-0.2, 0) is 6.42 Å². The molecular weight excluding hydrogens is 208 g/mol. The van der Waals surface area contributed by atoms with Crippen LogP contribution in [0.1, 0.15) is 24.8 Å². The Hall–Kier alpha value is -0.860. The quantitative estimate of drug-likeness (QED) is 0.857. The molecule has 1 aromatic rings. The molecule has 0 amide bonds. The summed E-state index contributed by atoms with van der Waals surface area (Å²) < 4.78 is 0. The SMILES string of the molecule is CNC1(CCc2ccccc2)CCN(C)CC1. The molecule has 0 unspecified atom stereocenters. The molecular formula is C15H24N2. The van der Waals surface area contributed by atoms with Crippen LogP contribution in [0, 0.1) is 0 Å². The Morgan fingerprint density at radius 3 is 2.41 bits per heavy atom. The summed E-state index contributed by atoms with van der Waals surface area (Å²) in [6, 6.07) is 10.8. The van der Waals surface area contributed by atoms with E-state index in [1.54, 1.807) is 0 Å². The molecule has 1 saturated heterocycles. The van der Waals surface area contributed by atoms with Crippen LogP contribution < -0.4 is 5.32 Å². The zero-order chi connectivity index (χ0) is 12.1. The summed E-state index contributed by atoms with van der Waals surface area (Å²) in [6.07, 6.45) is 4.98. The van der Waals surface area contributed by atoms with Gasteiger partial charge in [-0.25, -0.2) is 0 Å². The number of likely N-dealkylation sites (tertiary alicyclic amines) is 1. The maximum Gasteiger partial charge on any atom is 0.0206 e. The highest BCUT2D eigenvalue weighted by Gasteiger charge is 2.31. The van der Waals surface area contributed by atoms with E-state index in [1.807, 2.05) is 0 Å². The minimum atomic E-state index is 0.363. The van der Waals surface area contributed by atoms with Gasteiger partial charge in [0.2, 0.25) is 0 Å². The third kappa shape index (κ3) is 3.30. The normalized spacial score (nSPS) is 20.4. The summed E-state index contributed by atoms with van der Waals surface area (Å²) in [5, 5.41) is 3.58. The van der Waals surface area contributed by atoms with Gasteiger partial charge in [-0.1, -0.05) is 30.3 Å². The summed E-state index contributed by atoms with van der Waals surface area (Å²) in [6.45, 7) is 2.44. The van der Waals surface area contributed by atoms with Gasteiger partial charge in [-0.05, 0) is 58.4 Å². The second-order valence-electron chi connectivity index (χ2n) is 5.32. The lowest BCUT2D eigenvalue weighted by molar-refractivity contribution is 0.156. The molecule has 1 N–H and O–H groups in total. The van der Waals surface area contributed by atoms with E-state index >= 15 is 0 Å². The molecule has 0 saturated carbocycles. The van der Waals surface area contributed by atoms with E-state index in [1.165, 1.54) is 44.3 Å². The Kier molecular flexibility index (Phi) is 4.19. The Balaban J connectivity index is 1.91. The molecule has 2 nitrogen and oxygen atoms in total. The van der Waals surface area contributed by atoms with E-state index in [-0.39, 0.29) is 0 Å². The largest absolute Gasteiger partial charge is 0.314 e. The van der Waals surface area contributed by atoms with Gasteiger partial charge in [-0.2, -0.15) is 0 Å². The first-order chi connectivity index (χ1) is 8.24. The first kappa shape index (κ1) is 12.6. The maximum absolute atomic E-state index is 3.58. The number of nitrogens with zero attached hydrogens (tertiary/aromatic N) is 1. The third-order valence-electron chi connectivity index (χ3n) is 4.21. The van der Waals surface area contributed by atoms with Gasteiger partial charge in [0, 0.05) is 5.54 Å². The zero-order valence-corrected chi connectivity index (χ0v) is 11.1. The third-order valence-corrected chi connectivity index (χ3v) is 4.21. The molecule has 1 aromatic carbocycles. The Bertz CT molecular complexity index is 326. The fourth-order valence-electron chi connectivity index (χ4n) is 2.70. The standard InChI is InChI=1S/C15H24N2/c1-16-15(10-12-17(2)13-11-15)9-8-14-6-4-3-5-7-14/h3-7,16H,8-13H2,1-2H3. The molecule has 0 bridgehead atoms. The van der Waals surface area contributed by atoms with Crippen molar-refractivity contribution in [1.29, 1.82) is 0 Å². The highest BCUT2D eigenvalue weighted by molar-refractivity contribution is 5.15. The monoisotopic (exact) mass is 232 g/mol.